The van der Waals surface area contributed by atoms with Crippen LogP contribution in [0.4, 0.5) is 0 Å². The number of likely N-dealkylation sites (tertiary alicyclic amines) is 1. The van der Waals surface area contributed by atoms with Crippen LogP contribution < -0.4 is 10.6 Å². The third-order valence-electron chi connectivity index (χ3n) is 5.68. The molecule has 2 aromatic rings. The molecule has 1 aromatic carbocycles. The molecule has 4 rings (SSSR count). The molecule has 3 heterocycles. The number of halogens is 1. The predicted molar refractivity (Wildman–Crippen MR) is 110 cm³/mol. The quantitative estimate of drug-likeness (QED) is 0.705. The summed E-state index contributed by atoms with van der Waals surface area (Å²) in [6, 6.07) is 7.80. The lowest BCUT2D eigenvalue weighted by molar-refractivity contribution is -0.132. The number of piperidine rings is 1. The Morgan fingerprint density at radius 2 is 2.07 bits per heavy atom. The number of rotatable bonds is 5. The van der Waals surface area contributed by atoms with Crippen LogP contribution in [0, 0.1) is 5.92 Å². The number of benzene rings is 1. The molecule has 2 atom stereocenters. The van der Waals surface area contributed by atoms with Crippen molar-refractivity contribution in [3.05, 3.63) is 30.0 Å². The van der Waals surface area contributed by atoms with Gasteiger partial charge in [-0.25, -0.2) is 0 Å². The molecular formula is C20H28ClN5O2. The summed E-state index contributed by atoms with van der Waals surface area (Å²) < 4.78 is 0. The molecule has 0 spiro atoms. The van der Waals surface area contributed by atoms with E-state index in [-0.39, 0.29) is 30.3 Å². The molecule has 8 heteroatoms. The van der Waals surface area contributed by atoms with Gasteiger partial charge in [-0.15, -0.1) is 12.4 Å². The van der Waals surface area contributed by atoms with Crippen molar-refractivity contribution < 1.29 is 9.59 Å². The molecule has 0 radical (unpaired) electrons. The average Bonchev–Trinajstić information content (AvgIpc) is 3.37. The highest BCUT2D eigenvalue weighted by Crippen LogP contribution is 2.20. The van der Waals surface area contributed by atoms with E-state index < -0.39 is 0 Å². The molecule has 2 amide bonds. The number of hydrogen-bond donors (Lipinski definition) is 3. The Morgan fingerprint density at radius 1 is 1.21 bits per heavy atom. The highest BCUT2D eigenvalue weighted by atomic mass is 35.5. The molecule has 2 fully saturated rings. The Morgan fingerprint density at radius 3 is 2.89 bits per heavy atom. The summed E-state index contributed by atoms with van der Waals surface area (Å²) in [6.07, 6.45) is 4.35. The first-order valence-corrected chi connectivity index (χ1v) is 9.91. The number of H-pyrrole nitrogens is 1. The van der Waals surface area contributed by atoms with Crippen LogP contribution in [0.1, 0.15) is 31.4 Å². The number of carbonyl (C=O) groups is 2. The third kappa shape index (κ3) is 4.64. The molecule has 7 nitrogen and oxygen atoms in total. The first kappa shape index (κ1) is 20.6. The zero-order chi connectivity index (χ0) is 18.6. The summed E-state index contributed by atoms with van der Waals surface area (Å²) in [5, 5.41) is 14.6. The van der Waals surface area contributed by atoms with E-state index in [1.807, 2.05) is 29.2 Å². The van der Waals surface area contributed by atoms with Crippen LogP contribution in [0.15, 0.2) is 24.3 Å². The van der Waals surface area contributed by atoms with Gasteiger partial charge in [0.15, 0.2) is 0 Å². The fourth-order valence-electron chi connectivity index (χ4n) is 4.15. The van der Waals surface area contributed by atoms with Crippen molar-refractivity contribution >= 4 is 35.1 Å². The molecule has 152 valence electrons. The van der Waals surface area contributed by atoms with Gasteiger partial charge in [-0.2, -0.15) is 5.10 Å². The summed E-state index contributed by atoms with van der Waals surface area (Å²) in [6.45, 7) is 3.07. The van der Waals surface area contributed by atoms with Crippen molar-refractivity contribution in [1.82, 2.24) is 25.7 Å². The minimum atomic E-state index is -0.0417. The Labute approximate surface area is 171 Å². The molecule has 2 aliphatic rings. The van der Waals surface area contributed by atoms with Crippen molar-refractivity contribution in [2.75, 3.05) is 26.2 Å². The van der Waals surface area contributed by atoms with Gasteiger partial charge in [0.2, 0.25) is 11.8 Å². The highest BCUT2D eigenvalue weighted by Gasteiger charge is 2.26. The maximum atomic E-state index is 12.8. The number of amides is 2. The van der Waals surface area contributed by atoms with Gasteiger partial charge < -0.3 is 15.5 Å². The number of para-hydroxylation sites is 1. The van der Waals surface area contributed by atoms with Crippen molar-refractivity contribution in [3.63, 3.8) is 0 Å². The topological polar surface area (TPSA) is 90.1 Å². The maximum absolute atomic E-state index is 12.8. The van der Waals surface area contributed by atoms with Crippen molar-refractivity contribution in [3.8, 4) is 0 Å². The molecule has 3 N–H and O–H groups in total. The van der Waals surface area contributed by atoms with Crippen molar-refractivity contribution in [2.45, 2.75) is 38.1 Å². The van der Waals surface area contributed by atoms with Gasteiger partial charge in [-0.3, -0.25) is 14.7 Å². The van der Waals surface area contributed by atoms with E-state index >= 15 is 0 Å². The first-order chi connectivity index (χ1) is 13.2. The number of carbonyl (C=O) groups excluding carboxylic acids is 2. The second-order valence-corrected chi connectivity index (χ2v) is 7.64. The maximum Gasteiger partial charge on any atom is 0.237 e. The van der Waals surface area contributed by atoms with E-state index in [1.165, 1.54) is 0 Å². The van der Waals surface area contributed by atoms with Crippen LogP contribution >= 0.6 is 12.4 Å². The Balaban J connectivity index is 0.00000225. The number of nitrogens with one attached hydrogen (secondary N) is 3. The largest absolute Gasteiger partial charge is 0.354 e. The fourth-order valence-corrected chi connectivity index (χ4v) is 4.15. The molecule has 28 heavy (non-hydrogen) atoms. The molecule has 0 bridgehead atoms. The van der Waals surface area contributed by atoms with E-state index in [4.69, 9.17) is 0 Å². The Bertz CT molecular complexity index is 818. The fraction of sp³-hybridized carbons (Fsp3) is 0.550. The third-order valence-corrected chi connectivity index (χ3v) is 5.68. The normalized spacial score (nSPS) is 22.1. The Kier molecular flexibility index (Phi) is 6.91. The minimum absolute atomic E-state index is 0. The van der Waals surface area contributed by atoms with Crippen molar-refractivity contribution in [2.24, 2.45) is 5.92 Å². The summed E-state index contributed by atoms with van der Waals surface area (Å²) in [7, 11) is 0. The summed E-state index contributed by atoms with van der Waals surface area (Å²) in [5.41, 5.74) is 1.76. The van der Waals surface area contributed by atoms with Crippen LogP contribution in [0.5, 0.6) is 0 Å². The number of fused-ring (bicyclic) bond motifs is 1. The highest BCUT2D eigenvalue weighted by molar-refractivity contribution is 5.87. The zero-order valence-corrected chi connectivity index (χ0v) is 16.8. The molecule has 2 saturated heterocycles. The van der Waals surface area contributed by atoms with Gasteiger partial charge in [0, 0.05) is 25.0 Å². The molecule has 1 aromatic heterocycles. The zero-order valence-electron chi connectivity index (χ0n) is 15.9. The lowest BCUT2D eigenvalue weighted by Gasteiger charge is -2.33. The summed E-state index contributed by atoms with van der Waals surface area (Å²) in [4.78, 5) is 26.9. The second kappa shape index (κ2) is 9.39. The number of aromatic amines is 1. The molecule has 0 aliphatic carbocycles. The van der Waals surface area contributed by atoms with E-state index in [1.54, 1.807) is 0 Å². The summed E-state index contributed by atoms with van der Waals surface area (Å²) in [5.74, 6) is 0.546. The van der Waals surface area contributed by atoms with E-state index in [0.29, 0.717) is 25.4 Å². The standard InChI is InChI=1S/C20H27N5O2.ClH/c26-19(11-18-15-6-1-2-7-16(15)23-24-18)25-10-4-5-14(13-25)12-22-20(27)17-8-3-9-21-17;/h1-2,6-7,14,17,21H,3-5,8-13H2,(H,22,27)(H,23,24);1H. The minimum Gasteiger partial charge on any atom is -0.354 e. The number of nitrogens with zero attached hydrogens (tertiary/aromatic N) is 2. The van der Waals surface area contributed by atoms with Gasteiger partial charge in [-0.05, 0) is 44.2 Å². The first-order valence-electron chi connectivity index (χ1n) is 9.91. The van der Waals surface area contributed by atoms with E-state index in [0.717, 1.165) is 55.4 Å². The molecular weight excluding hydrogens is 378 g/mol. The number of hydrogen-bond acceptors (Lipinski definition) is 4. The number of aromatic nitrogens is 2. The van der Waals surface area contributed by atoms with Gasteiger partial charge in [0.05, 0.1) is 23.7 Å². The smallest absolute Gasteiger partial charge is 0.237 e. The van der Waals surface area contributed by atoms with Gasteiger partial charge in [0.1, 0.15) is 0 Å². The van der Waals surface area contributed by atoms with Crippen LogP contribution in [0.25, 0.3) is 10.9 Å². The Hall–Kier alpha value is -2.12. The van der Waals surface area contributed by atoms with Crippen molar-refractivity contribution in [1.29, 1.82) is 0 Å². The van der Waals surface area contributed by atoms with E-state index in [2.05, 4.69) is 20.8 Å². The van der Waals surface area contributed by atoms with Crippen LogP contribution in [-0.4, -0.2) is 59.1 Å². The lowest BCUT2D eigenvalue weighted by Crippen LogP contribution is -2.47. The van der Waals surface area contributed by atoms with Gasteiger partial charge in [0.25, 0.3) is 0 Å². The molecule has 2 aliphatic heterocycles. The molecule has 2 unspecified atom stereocenters. The van der Waals surface area contributed by atoms with Crippen LogP contribution in [0.2, 0.25) is 0 Å². The SMILES string of the molecule is Cl.O=C(NCC1CCCN(C(=O)Cc2[nH]nc3ccccc23)C1)C1CCCN1. The van der Waals surface area contributed by atoms with Crippen LogP contribution in [0.3, 0.4) is 0 Å². The van der Waals surface area contributed by atoms with Gasteiger partial charge >= 0.3 is 0 Å². The predicted octanol–water partition coefficient (Wildman–Crippen LogP) is 1.63. The van der Waals surface area contributed by atoms with Gasteiger partial charge in [-0.1, -0.05) is 18.2 Å². The second-order valence-electron chi connectivity index (χ2n) is 7.64. The molecule has 0 saturated carbocycles. The summed E-state index contributed by atoms with van der Waals surface area (Å²) >= 11 is 0. The average molecular weight is 406 g/mol. The van der Waals surface area contributed by atoms with Crippen LogP contribution in [-0.2, 0) is 16.0 Å². The lowest BCUT2D eigenvalue weighted by atomic mass is 9.97. The monoisotopic (exact) mass is 405 g/mol. The van der Waals surface area contributed by atoms with E-state index in [9.17, 15) is 9.59 Å².